The third-order valence-electron chi connectivity index (χ3n) is 5.51. The maximum Gasteiger partial charge on any atom is 0.416 e. The first-order valence-corrected chi connectivity index (χ1v) is 11.0. The van der Waals surface area contributed by atoms with Crippen LogP contribution in [0.1, 0.15) is 22.3 Å². The van der Waals surface area contributed by atoms with E-state index in [9.17, 15) is 35.9 Å². The largest absolute Gasteiger partial charge is 0.416 e. The SMILES string of the molecule is O=C(Cc1cccc(C(F)(F)F)c1)N[C@@H]1N=C(c2ccccc2)c2ccccc2N(CC(F)(F)F)C1=O. The molecule has 1 heterocycles. The molecule has 0 saturated heterocycles. The van der Waals surface area contributed by atoms with E-state index in [0.717, 1.165) is 18.2 Å². The zero-order chi connectivity index (χ0) is 26.8. The lowest BCUT2D eigenvalue weighted by molar-refractivity contribution is -0.137. The van der Waals surface area contributed by atoms with Crippen molar-refractivity contribution in [3.63, 3.8) is 0 Å². The summed E-state index contributed by atoms with van der Waals surface area (Å²) >= 11 is 0. The number of aliphatic imine (C=N–C) groups is 1. The minimum Gasteiger partial charge on any atom is -0.326 e. The number of amides is 2. The van der Waals surface area contributed by atoms with Gasteiger partial charge < -0.3 is 5.32 Å². The van der Waals surface area contributed by atoms with Gasteiger partial charge in [-0.25, -0.2) is 4.99 Å². The fourth-order valence-electron chi connectivity index (χ4n) is 3.94. The van der Waals surface area contributed by atoms with E-state index in [-0.39, 0.29) is 22.5 Å². The van der Waals surface area contributed by atoms with Gasteiger partial charge in [-0.15, -0.1) is 0 Å². The minimum absolute atomic E-state index is 0.0103. The second-order valence-corrected chi connectivity index (χ2v) is 8.25. The van der Waals surface area contributed by atoms with Gasteiger partial charge in [0.2, 0.25) is 12.1 Å². The second kappa shape index (κ2) is 10.1. The summed E-state index contributed by atoms with van der Waals surface area (Å²) in [5.74, 6) is -2.01. The summed E-state index contributed by atoms with van der Waals surface area (Å²) < 4.78 is 79.5. The predicted molar refractivity (Wildman–Crippen MR) is 124 cm³/mol. The number of rotatable bonds is 5. The van der Waals surface area contributed by atoms with Crippen LogP contribution in [0.3, 0.4) is 0 Å². The number of carbonyl (C=O) groups excluding carboxylic acids is 2. The first kappa shape index (κ1) is 25.9. The topological polar surface area (TPSA) is 61.8 Å². The molecule has 0 bridgehead atoms. The van der Waals surface area contributed by atoms with Crippen molar-refractivity contribution < 1.29 is 35.9 Å². The predicted octanol–water partition coefficient (Wildman–Crippen LogP) is 5.14. The number of anilines is 1. The van der Waals surface area contributed by atoms with Crippen LogP contribution < -0.4 is 10.2 Å². The van der Waals surface area contributed by atoms with Gasteiger partial charge in [0.25, 0.3) is 5.91 Å². The van der Waals surface area contributed by atoms with Gasteiger partial charge in [0.1, 0.15) is 6.54 Å². The number of alkyl halides is 6. The lowest BCUT2D eigenvalue weighted by atomic mass is 10.0. The molecule has 37 heavy (non-hydrogen) atoms. The summed E-state index contributed by atoms with van der Waals surface area (Å²) in [6, 6.07) is 18.4. The summed E-state index contributed by atoms with van der Waals surface area (Å²) in [5, 5.41) is 2.30. The van der Waals surface area contributed by atoms with Crippen LogP contribution in [0.15, 0.2) is 83.9 Å². The van der Waals surface area contributed by atoms with E-state index in [4.69, 9.17) is 0 Å². The van der Waals surface area contributed by atoms with Gasteiger partial charge in [-0.05, 0) is 17.7 Å². The number of hydrogen-bond donors (Lipinski definition) is 1. The van der Waals surface area contributed by atoms with E-state index in [1.807, 2.05) is 0 Å². The van der Waals surface area contributed by atoms with Crippen molar-refractivity contribution in [1.82, 2.24) is 5.32 Å². The van der Waals surface area contributed by atoms with Gasteiger partial charge in [0.15, 0.2) is 0 Å². The number of carbonyl (C=O) groups is 2. The number of halogens is 6. The number of benzodiazepines with no additional fused rings is 1. The average Bonchev–Trinajstić information content (AvgIpc) is 2.94. The highest BCUT2D eigenvalue weighted by atomic mass is 19.4. The Balaban J connectivity index is 1.71. The van der Waals surface area contributed by atoms with Crippen LogP contribution >= 0.6 is 0 Å². The quantitative estimate of drug-likeness (QED) is 0.475. The molecule has 1 aliphatic rings. The van der Waals surface area contributed by atoms with E-state index in [2.05, 4.69) is 10.3 Å². The molecule has 0 fully saturated rings. The van der Waals surface area contributed by atoms with Crippen LogP contribution in [0.25, 0.3) is 0 Å². The maximum absolute atomic E-state index is 13.5. The number of nitrogens with one attached hydrogen (secondary N) is 1. The van der Waals surface area contributed by atoms with Crippen LogP contribution in [0.4, 0.5) is 32.0 Å². The van der Waals surface area contributed by atoms with Crippen molar-refractivity contribution in [2.75, 3.05) is 11.4 Å². The molecule has 1 atom stereocenters. The normalized spacial score (nSPS) is 16.1. The van der Waals surface area contributed by atoms with Crippen molar-refractivity contribution in [2.45, 2.75) is 24.9 Å². The molecule has 11 heteroatoms. The van der Waals surface area contributed by atoms with E-state index < -0.39 is 48.9 Å². The molecule has 3 aromatic carbocycles. The summed E-state index contributed by atoms with van der Waals surface area (Å²) in [6.45, 7) is -1.62. The molecule has 0 unspecified atom stereocenters. The third-order valence-corrected chi connectivity index (χ3v) is 5.51. The fraction of sp³-hybridized carbons (Fsp3) is 0.192. The molecule has 5 nitrogen and oxygen atoms in total. The van der Waals surface area contributed by atoms with Crippen LogP contribution in [-0.2, 0) is 22.2 Å². The Morgan fingerprint density at radius 1 is 0.892 bits per heavy atom. The molecule has 1 aliphatic heterocycles. The summed E-state index contributed by atoms with van der Waals surface area (Å²) in [7, 11) is 0. The molecule has 0 saturated carbocycles. The van der Waals surface area contributed by atoms with Gasteiger partial charge in [-0.3, -0.25) is 14.5 Å². The highest BCUT2D eigenvalue weighted by molar-refractivity contribution is 6.20. The summed E-state index contributed by atoms with van der Waals surface area (Å²) in [5.41, 5.74) is -0.0640. The molecule has 0 aliphatic carbocycles. The van der Waals surface area contributed by atoms with Crippen molar-refractivity contribution in [3.8, 4) is 0 Å². The van der Waals surface area contributed by atoms with E-state index in [1.54, 1.807) is 36.4 Å². The van der Waals surface area contributed by atoms with E-state index in [0.29, 0.717) is 10.5 Å². The Hall–Kier alpha value is -4.15. The van der Waals surface area contributed by atoms with Gasteiger partial charge in [-0.1, -0.05) is 66.7 Å². The first-order chi connectivity index (χ1) is 17.4. The lowest BCUT2D eigenvalue weighted by Crippen LogP contribution is -2.50. The Morgan fingerprint density at radius 3 is 2.24 bits per heavy atom. The summed E-state index contributed by atoms with van der Waals surface area (Å²) in [4.78, 5) is 30.9. The Morgan fingerprint density at radius 2 is 1.57 bits per heavy atom. The molecule has 192 valence electrons. The van der Waals surface area contributed by atoms with Gasteiger partial charge in [0, 0.05) is 11.1 Å². The molecular formula is C26H19F6N3O2. The van der Waals surface area contributed by atoms with Gasteiger partial charge in [-0.2, -0.15) is 26.3 Å². The minimum atomic E-state index is -4.76. The van der Waals surface area contributed by atoms with Gasteiger partial charge in [0.05, 0.1) is 23.4 Å². The third kappa shape index (κ3) is 6.16. The number of benzene rings is 3. The Labute approximate surface area is 207 Å². The highest BCUT2D eigenvalue weighted by Crippen LogP contribution is 2.32. The standard InChI is InChI=1S/C26H19F6N3O2/c27-25(28,29)15-35-20-12-5-4-11-19(20)22(17-8-2-1-3-9-17)34-23(24(35)37)33-21(36)14-16-7-6-10-18(13-16)26(30,31)32/h1-13,23H,14-15H2,(H,33,36)/t23-/m1/s1. The van der Waals surface area contributed by atoms with Crippen LogP contribution in [-0.4, -0.2) is 36.4 Å². The fourth-order valence-corrected chi connectivity index (χ4v) is 3.94. The molecule has 0 spiro atoms. The first-order valence-electron chi connectivity index (χ1n) is 11.0. The molecule has 3 aromatic rings. The lowest BCUT2D eigenvalue weighted by Gasteiger charge is -2.26. The molecule has 2 amide bonds. The average molecular weight is 519 g/mol. The van der Waals surface area contributed by atoms with Crippen molar-refractivity contribution in [2.24, 2.45) is 4.99 Å². The molecular weight excluding hydrogens is 500 g/mol. The number of nitrogens with zero attached hydrogens (tertiary/aromatic N) is 2. The summed E-state index contributed by atoms with van der Waals surface area (Å²) in [6.07, 6.45) is -11.7. The zero-order valence-corrected chi connectivity index (χ0v) is 19.0. The van der Waals surface area contributed by atoms with Crippen LogP contribution in [0.2, 0.25) is 0 Å². The number of hydrogen-bond acceptors (Lipinski definition) is 3. The Kier molecular flexibility index (Phi) is 7.06. The van der Waals surface area contributed by atoms with E-state index >= 15 is 0 Å². The molecule has 4 rings (SSSR count). The second-order valence-electron chi connectivity index (χ2n) is 8.25. The van der Waals surface area contributed by atoms with Gasteiger partial charge >= 0.3 is 12.4 Å². The molecule has 0 radical (unpaired) electrons. The van der Waals surface area contributed by atoms with Crippen LogP contribution in [0.5, 0.6) is 0 Å². The highest BCUT2D eigenvalue weighted by Gasteiger charge is 2.40. The van der Waals surface area contributed by atoms with Crippen molar-refractivity contribution in [1.29, 1.82) is 0 Å². The number of fused-ring (bicyclic) bond motifs is 1. The maximum atomic E-state index is 13.5. The van der Waals surface area contributed by atoms with Crippen LogP contribution in [0, 0.1) is 0 Å². The van der Waals surface area contributed by atoms with E-state index in [1.165, 1.54) is 24.3 Å². The molecule has 1 N–H and O–H groups in total. The van der Waals surface area contributed by atoms with Crippen molar-refractivity contribution in [3.05, 3.63) is 101 Å². The smallest absolute Gasteiger partial charge is 0.326 e. The number of para-hydroxylation sites is 1. The zero-order valence-electron chi connectivity index (χ0n) is 19.0. The monoisotopic (exact) mass is 519 g/mol. The molecule has 0 aromatic heterocycles. The Bertz CT molecular complexity index is 1340. The van der Waals surface area contributed by atoms with Crippen molar-refractivity contribution >= 4 is 23.2 Å².